The molecule has 4 nitrogen and oxygen atoms in total. The molecule has 2 heterocycles. The molecule has 0 unspecified atom stereocenters. The van der Waals surface area contributed by atoms with Crippen molar-refractivity contribution in [1.29, 1.82) is 0 Å². The van der Waals surface area contributed by atoms with Gasteiger partial charge in [-0.3, -0.25) is 0 Å². The summed E-state index contributed by atoms with van der Waals surface area (Å²) in [7, 11) is -3.51. The molecule has 4 rings (SSSR count). The Labute approximate surface area is 135 Å². The summed E-state index contributed by atoms with van der Waals surface area (Å²) < 4.78 is 31.4. The first-order valence-electron chi connectivity index (χ1n) is 7.71. The molecule has 2 aromatic carbocycles. The second-order valence-electron chi connectivity index (χ2n) is 5.76. The Morgan fingerprint density at radius 1 is 1.00 bits per heavy atom. The molecule has 0 saturated carbocycles. The van der Waals surface area contributed by atoms with Gasteiger partial charge in [0.1, 0.15) is 11.3 Å². The number of sulfone groups is 1. The van der Waals surface area contributed by atoms with E-state index in [1.807, 2.05) is 6.07 Å². The molecular formula is C18H17NO3S. The van der Waals surface area contributed by atoms with Crippen molar-refractivity contribution in [3.8, 4) is 0 Å². The number of fused-ring (bicyclic) bond motifs is 3. The van der Waals surface area contributed by atoms with Gasteiger partial charge >= 0.3 is 0 Å². The number of aryl methyl sites for hydroxylation is 1. The van der Waals surface area contributed by atoms with E-state index in [9.17, 15) is 8.42 Å². The summed E-state index contributed by atoms with van der Waals surface area (Å²) in [6.07, 6.45) is 1.92. The van der Waals surface area contributed by atoms with Crippen LogP contribution in [0, 0.1) is 0 Å². The SMILES string of the molecule is O=S(=O)(c1ccccc1)c1ccc2c3c(oc2c1)CCCNC3. The topological polar surface area (TPSA) is 59.3 Å². The van der Waals surface area contributed by atoms with Crippen LogP contribution in [0.1, 0.15) is 17.7 Å². The Hall–Kier alpha value is -2.11. The number of hydrogen-bond donors (Lipinski definition) is 1. The molecule has 1 aliphatic rings. The van der Waals surface area contributed by atoms with Gasteiger partial charge in [-0.15, -0.1) is 0 Å². The van der Waals surface area contributed by atoms with Gasteiger partial charge in [-0.2, -0.15) is 0 Å². The summed E-state index contributed by atoms with van der Waals surface area (Å²) in [6.45, 7) is 1.75. The minimum absolute atomic E-state index is 0.271. The molecule has 0 aliphatic carbocycles. The second-order valence-corrected chi connectivity index (χ2v) is 7.71. The first-order valence-corrected chi connectivity index (χ1v) is 9.20. The summed E-state index contributed by atoms with van der Waals surface area (Å²) in [6, 6.07) is 13.7. The average molecular weight is 327 g/mol. The van der Waals surface area contributed by atoms with Crippen LogP contribution in [0.2, 0.25) is 0 Å². The zero-order valence-electron chi connectivity index (χ0n) is 12.6. The van der Waals surface area contributed by atoms with Crippen LogP contribution in [0.3, 0.4) is 0 Å². The van der Waals surface area contributed by atoms with Crippen LogP contribution < -0.4 is 5.32 Å². The Balaban J connectivity index is 1.84. The highest BCUT2D eigenvalue weighted by molar-refractivity contribution is 7.91. The Morgan fingerprint density at radius 3 is 2.65 bits per heavy atom. The lowest BCUT2D eigenvalue weighted by Crippen LogP contribution is -2.11. The maximum absolute atomic E-state index is 12.7. The maximum Gasteiger partial charge on any atom is 0.206 e. The molecule has 0 radical (unpaired) electrons. The van der Waals surface area contributed by atoms with Crippen LogP contribution in [0.4, 0.5) is 0 Å². The predicted octanol–water partition coefficient (Wildman–Crippen LogP) is 3.30. The molecule has 0 amide bonds. The van der Waals surface area contributed by atoms with Gasteiger partial charge < -0.3 is 9.73 Å². The third-order valence-corrected chi connectivity index (χ3v) is 6.04. The Bertz CT molecular complexity index is 959. The molecule has 5 heteroatoms. The van der Waals surface area contributed by atoms with E-state index >= 15 is 0 Å². The third kappa shape index (κ3) is 2.46. The normalized spacial score (nSPS) is 15.3. The van der Waals surface area contributed by atoms with Gasteiger partial charge in [-0.25, -0.2) is 8.42 Å². The third-order valence-electron chi connectivity index (χ3n) is 4.27. The van der Waals surface area contributed by atoms with Crippen LogP contribution in [0.25, 0.3) is 11.0 Å². The lowest BCUT2D eigenvalue weighted by atomic mass is 10.1. The van der Waals surface area contributed by atoms with Gasteiger partial charge in [0, 0.05) is 30.0 Å². The molecule has 0 bridgehead atoms. The molecule has 23 heavy (non-hydrogen) atoms. The lowest BCUT2D eigenvalue weighted by molar-refractivity contribution is 0.540. The molecule has 0 atom stereocenters. The van der Waals surface area contributed by atoms with Gasteiger partial charge in [0.15, 0.2) is 0 Å². The van der Waals surface area contributed by atoms with E-state index in [1.54, 1.807) is 42.5 Å². The van der Waals surface area contributed by atoms with Crippen LogP contribution in [0.5, 0.6) is 0 Å². The number of rotatable bonds is 2. The van der Waals surface area contributed by atoms with Crippen LogP contribution >= 0.6 is 0 Å². The molecule has 0 spiro atoms. The Morgan fingerprint density at radius 2 is 1.83 bits per heavy atom. The fourth-order valence-corrected chi connectivity index (χ4v) is 4.36. The molecule has 1 aromatic heterocycles. The lowest BCUT2D eigenvalue weighted by Gasteiger charge is -2.04. The zero-order valence-corrected chi connectivity index (χ0v) is 13.4. The molecule has 1 aliphatic heterocycles. The summed E-state index contributed by atoms with van der Waals surface area (Å²) >= 11 is 0. The summed E-state index contributed by atoms with van der Waals surface area (Å²) in [5.41, 5.74) is 1.80. The van der Waals surface area contributed by atoms with Crippen molar-refractivity contribution in [3.63, 3.8) is 0 Å². The van der Waals surface area contributed by atoms with E-state index in [2.05, 4.69) is 5.32 Å². The van der Waals surface area contributed by atoms with Crippen LogP contribution in [-0.2, 0) is 22.8 Å². The smallest absolute Gasteiger partial charge is 0.206 e. The highest BCUT2D eigenvalue weighted by Gasteiger charge is 2.21. The van der Waals surface area contributed by atoms with E-state index < -0.39 is 9.84 Å². The van der Waals surface area contributed by atoms with Crippen molar-refractivity contribution in [1.82, 2.24) is 5.32 Å². The molecule has 1 N–H and O–H groups in total. The van der Waals surface area contributed by atoms with Crippen LogP contribution in [0.15, 0.2) is 62.7 Å². The van der Waals surface area contributed by atoms with E-state index in [4.69, 9.17) is 4.42 Å². The van der Waals surface area contributed by atoms with Gasteiger partial charge in [-0.1, -0.05) is 18.2 Å². The van der Waals surface area contributed by atoms with E-state index in [0.29, 0.717) is 10.5 Å². The average Bonchev–Trinajstić information content (AvgIpc) is 2.75. The first-order chi connectivity index (χ1) is 11.2. The molecular weight excluding hydrogens is 310 g/mol. The zero-order chi connectivity index (χ0) is 15.9. The van der Waals surface area contributed by atoms with E-state index in [1.165, 1.54) is 0 Å². The number of nitrogens with one attached hydrogen (secondary N) is 1. The van der Waals surface area contributed by atoms with Gasteiger partial charge in [0.25, 0.3) is 0 Å². The Kier molecular flexibility index (Phi) is 3.47. The fourth-order valence-electron chi connectivity index (χ4n) is 3.07. The largest absolute Gasteiger partial charge is 0.461 e. The molecule has 0 saturated heterocycles. The van der Waals surface area contributed by atoms with Gasteiger partial charge in [-0.05, 0) is 37.2 Å². The van der Waals surface area contributed by atoms with Crippen LogP contribution in [-0.4, -0.2) is 15.0 Å². The van der Waals surface area contributed by atoms with Crippen molar-refractivity contribution in [2.24, 2.45) is 0 Å². The maximum atomic E-state index is 12.7. The van der Waals surface area contributed by atoms with Gasteiger partial charge in [0.2, 0.25) is 9.84 Å². The number of furan rings is 1. The molecule has 118 valence electrons. The van der Waals surface area contributed by atoms with E-state index in [0.717, 1.165) is 42.6 Å². The highest BCUT2D eigenvalue weighted by atomic mass is 32.2. The number of hydrogen-bond acceptors (Lipinski definition) is 4. The fraction of sp³-hybridized carbons (Fsp3) is 0.222. The molecule has 3 aromatic rings. The summed E-state index contributed by atoms with van der Waals surface area (Å²) in [5, 5.41) is 4.38. The van der Waals surface area contributed by atoms with Crippen molar-refractivity contribution < 1.29 is 12.8 Å². The standard InChI is InChI=1S/C18H17NO3S/c20-23(21,13-5-2-1-3-6-13)14-8-9-15-16-12-19-10-4-7-17(16)22-18(15)11-14/h1-3,5-6,8-9,11,19H,4,7,10,12H2. The first kappa shape index (κ1) is 14.5. The minimum atomic E-state index is -3.51. The second kappa shape index (κ2) is 5.51. The van der Waals surface area contributed by atoms with Crippen molar-refractivity contribution in [2.45, 2.75) is 29.2 Å². The van der Waals surface area contributed by atoms with Crippen molar-refractivity contribution in [3.05, 3.63) is 59.9 Å². The monoisotopic (exact) mass is 327 g/mol. The molecule has 0 fully saturated rings. The summed E-state index contributed by atoms with van der Waals surface area (Å²) in [5.74, 6) is 0.972. The minimum Gasteiger partial charge on any atom is -0.461 e. The summed E-state index contributed by atoms with van der Waals surface area (Å²) in [4.78, 5) is 0.571. The number of benzene rings is 2. The quantitative estimate of drug-likeness (QED) is 0.784. The van der Waals surface area contributed by atoms with Gasteiger partial charge in [0.05, 0.1) is 9.79 Å². The predicted molar refractivity (Wildman–Crippen MR) is 88.1 cm³/mol. The van der Waals surface area contributed by atoms with E-state index in [-0.39, 0.29) is 4.90 Å². The van der Waals surface area contributed by atoms with Crippen molar-refractivity contribution >= 4 is 20.8 Å². The van der Waals surface area contributed by atoms with Crippen molar-refractivity contribution in [2.75, 3.05) is 6.54 Å². The highest BCUT2D eigenvalue weighted by Crippen LogP contribution is 2.31.